The lowest BCUT2D eigenvalue weighted by Gasteiger charge is -2.16. The SMILES string of the molecule is CC/C=C\C/C=C\C[C@H]1C/C=C2/C(=O)C=C[C@@H]2C/C=C\CCC(=O)O1. The number of hydrogen-bond acceptors (Lipinski definition) is 3. The zero-order valence-corrected chi connectivity index (χ0v) is 15.0. The summed E-state index contributed by atoms with van der Waals surface area (Å²) in [7, 11) is 0. The maximum Gasteiger partial charge on any atom is 0.306 e. The quantitative estimate of drug-likeness (QED) is 0.522. The Labute approximate surface area is 150 Å². The normalized spacial score (nSPS) is 28.3. The molecule has 0 unspecified atom stereocenters. The van der Waals surface area contributed by atoms with Crippen molar-refractivity contribution in [2.75, 3.05) is 0 Å². The van der Waals surface area contributed by atoms with E-state index in [1.165, 1.54) is 0 Å². The minimum atomic E-state index is -0.205. The van der Waals surface area contributed by atoms with E-state index in [1.54, 1.807) is 6.08 Å². The van der Waals surface area contributed by atoms with Crippen LogP contribution in [0, 0.1) is 5.92 Å². The predicted molar refractivity (Wildman–Crippen MR) is 101 cm³/mol. The van der Waals surface area contributed by atoms with E-state index in [9.17, 15) is 9.59 Å². The number of rotatable bonds is 5. The summed E-state index contributed by atoms with van der Waals surface area (Å²) in [4.78, 5) is 24.0. The van der Waals surface area contributed by atoms with Crippen LogP contribution in [0.1, 0.15) is 51.9 Å². The van der Waals surface area contributed by atoms with Crippen molar-refractivity contribution < 1.29 is 14.3 Å². The van der Waals surface area contributed by atoms with Crippen LogP contribution in [-0.4, -0.2) is 17.9 Å². The molecule has 1 aliphatic carbocycles. The number of esters is 1. The summed E-state index contributed by atoms with van der Waals surface area (Å²) >= 11 is 0. The Morgan fingerprint density at radius 3 is 2.80 bits per heavy atom. The summed E-state index contributed by atoms with van der Waals surface area (Å²) in [6, 6.07) is 0. The van der Waals surface area contributed by atoms with Crippen LogP contribution in [0.15, 0.2) is 60.3 Å². The maximum absolute atomic E-state index is 12.0. The summed E-state index contributed by atoms with van der Waals surface area (Å²) in [5, 5.41) is 0. The Kier molecular flexibility index (Phi) is 8.17. The van der Waals surface area contributed by atoms with Crippen LogP contribution >= 0.6 is 0 Å². The lowest BCUT2D eigenvalue weighted by atomic mass is 9.95. The van der Waals surface area contributed by atoms with Crippen LogP contribution in [0.3, 0.4) is 0 Å². The third kappa shape index (κ3) is 6.69. The highest BCUT2D eigenvalue weighted by atomic mass is 16.5. The molecule has 134 valence electrons. The van der Waals surface area contributed by atoms with E-state index in [0.29, 0.717) is 25.7 Å². The largest absolute Gasteiger partial charge is 0.462 e. The molecule has 0 bridgehead atoms. The fourth-order valence-electron chi connectivity index (χ4n) is 2.99. The van der Waals surface area contributed by atoms with E-state index in [2.05, 4.69) is 37.3 Å². The van der Waals surface area contributed by atoms with Crippen molar-refractivity contribution in [3.8, 4) is 0 Å². The molecule has 3 heteroatoms. The van der Waals surface area contributed by atoms with Crippen molar-refractivity contribution in [3.05, 3.63) is 60.3 Å². The maximum atomic E-state index is 12.0. The van der Waals surface area contributed by atoms with Gasteiger partial charge >= 0.3 is 5.97 Å². The average Bonchev–Trinajstić information content (AvgIpc) is 2.94. The van der Waals surface area contributed by atoms with Gasteiger partial charge in [-0.15, -0.1) is 0 Å². The van der Waals surface area contributed by atoms with Crippen molar-refractivity contribution in [1.29, 1.82) is 0 Å². The molecule has 1 aliphatic heterocycles. The van der Waals surface area contributed by atoms with Crippen LogP contribution in [0.2, 0.25) is 0 Å². The Morgan fingerprint density at radius 1 is 1.12 bits per heavy atom. The number of carbonyl (C=O) groups excluding carboxylic acids is 2. The van der Waals surface area contributed by atoms with Gasteiger partial charge < -0.3 is 4.74 Å². The molecular weight excluding hydrogens is 312 g/mol. The second-order valence-corrected chi connectivity index (χ2v) is 6.41. The Bertz CT molecular complexity index is 605. The predicted octanol–water partition coefficient (Wildman–Crippen LogP) is 5.01. The Balaban J connectivity index is 2.02. The van der Waals surface area contributed by atoms with E-state index in [0.717, 1.165) is 24.8 Å². The Hall–Kier alpha value is -2.16. The monoisotopic (exact) mass is 340 g/mol. The minimum absolute atomic E-state index is 0.0841. The van der Waals surface area contributed by atoms with Gasteiger partial charge in [0, 0.05) is 30.8 Å². The highest BCUT2D eigenvalue weighted by Crippen LogP contribution is 2.27. The van der Waals surface area contributed by atoms with Gasteiger partial charge in [-0.1, -0.05) is 55.5 Å². The van der Waals surface area contributed by atoms with E-state index in [-0.39, 0.29) is 23.8 Å². The number of cyclic esters (lactones) is 1. The van der Waals surface area contributed by atoms with Crippen molar-refractivity contribution in [2.45, 2.75) is 58.0 Å². The van der Waals surface area contributed by atoms with Crippen molar-refractivity contribution in [3.63, 3.8) is 0 Å². The number of ether oxygens (including phenoxy) is 1. The highest BCUT2D eigenvalue weighted by molar-refractivity contribution is 6.07. The number of allylic oxidation sites excluding steroid dienone is 8. The molecule has 0 saturated heterocycles. The number of fused-ring (bicyclic) bond motifs is 1. The topological polar surface area (TPSA) is 43.4 Å². The summed E-state index contributed by atoms with van der Waals surface area (Å²) in [5.74, 6) is 0.0790. The minimum Gasteiger partial charge on any atom is -0.462 e. The summed E-state index contributed by atoms with van der Waals surface area (Å²) < 4.78 is 5.62. The standard InChI is InChI=1S/C22H28O3/c1-2-3-4-5-6-9-12-19-15-16-20-18(14-17-21(20)23)11-8-7-10-13-22(24)25-19/h3-4,6-9,14,16-19H,2,5,10-13,15H2,1H3/b4-3-,8-7-,9-6-,20-16+/t18-,19-/m0/s1. The third-order valence-corrected chi connectivity index (χ3v) is 4.37. The molecule has 3 nitrogen and oxygen atoms in total. The Morgan fingerprint density at radius 2 is 1.96 bits per heavy atom. The molecule has 2 atom stereocenters. The van der Waals surface area contributed by atoms with Crippen LogP contribution in [0.4, 0.5) is 0 Å². The summed E-state index contributed by atoms with van der Waals surface area (Å²) in [6.07, 6.45) is 23.0. The van der Waals surface area contributed by atoms with E-state index >= 15 is 0 Å². The molecule has 0 aromatic rings. The molecule has 0 fully saturated rings. The zero-order valence-electron chi connectivity index (χ0n) is 15.0. The summed E-state index contributed by atoms with van der Waals surface area (Å²) in [5.41, 5.74) is 0.834. The third-order valence-electron chi connectivity index (χ3n) is 4.37. The lowest BCUT2D eigenvalue weighted by molar-refractivity contribution is -0.148. The van der Waals surface area contributed by atoms with Gasteiger partial charge in [0.05, 0.1) is 0 Å². The van der Waals surface area contributed by atoms with Crippen LogP contribution in [0.5, 0.6) is 0 Å². The smallest absolute Gasteiger partial charge is 0.306 e. The molecule has 0 amide bonds. The molecule has 0 radical (unpaired) electrons. The first kappa shape index (κ1) is 19.2. The van der Waals surface area contributed by atoms with E-state index in [1.807, 2.05) is 18.2 Å². The number of ketones is 1. The molecule has 0 saturated carbocycles. The second-order valence-electron chi connectivity index (χ2n) is 6.41. The van der Waals surface area contributed by atoms with Gasteiger partial charge in [-0.2, -0.15) is 0 Å². The molecule has 25 heavy (non-hydrogen) atoms. The van der Waals surface area contributed by atoms with Crippen molar-refractivity contribution >= 4 is 11.8 Å². The van der Waals surface area contributed by atoms with Crippen molar-refractivity contribution in [1.82, 2.24) is 0 Å². The van der Waals surface area contributed by atoms with Gasteiger partial charge in [0.2, 0.25) is 0 Å². The van der Waals surface area contributed by atoms with Gasteiger partial charge in [-0.25, -0.2) is 0 Å². The van der Waals surface area contributed by atoms with Crippen LogP contribution in [-0.2, 0) is 14.3 Å². The zero-order chi connectivity index (χ0) is 17.9. The fraction of sp³-hybridized carbons (Fsp3) is 0.455. The second kappa shape index (κ2) is 10.7. The lowest BCUT2D eigenvalue weighted by Crippen LogP contribution is -2.18. The van der Waals surface area contributed by atoms with E-state index < -0.39 is 0 Å². The van der Waals surface area contributed by atoms with Gasteiger partial charge in [-0.05, 0) is 31.8 Å². The molecule has 0 N–H and O–H groups in total. The molecule has 2 aliphatic rings. The number of hydrogen-bond donors (Lipinski definition) is 0. The summed E-state index contributed by atoms with van der Waals surface area (Å²) in [6.45, 7) is 2.11. The number of carbonyl (C=O) groups is 2. The van der Waals surface area contributed by atoms with Crippen molar-refractivity contribution in [2.24, 2.45) is 5.92 Å². The molecule has 1 heterocycles. The van der Waals surface area contributed by atoms with Crippen LogP contribution in [0.25, 0.3) is 0 Å². The van der Waals surface area contributed by atoms with Gasteiger partial charge in [0.1, 0.15) is 6.10 Å². The van der Waals surface area contributed by atoms with Crippen LogP contribution < -0.4 is 0 Å². The average molecular weight is 340 g/mol. The molecule has 2 rings (SSSR count). The van der Waals surface area contributed by atoms with Gasteiger partial charge in [0.25, 0.3) is 0 Å². The molecule has 0 aromatic heterocycles. The first-order chi connectivity index (χ1) is 12.2. The highest BCUT2D eigenvalue weighted by Gasteiger charge is 2.23. The first-order valence-corrected chi connectivity index (χ1v) is 9.27. The molecule has 0 aromatic carbocycles. The first-order valence-electron chi connectivity index (χ1n) is 9.27. The van der Waals surface area contributed by atoms with Gasteiger partial charge in [-0.3, -0.25) is 9.59 Å². The molecule has 0 spiro atoms. The van der Waals surface area contributed by atoms with E-state index in [4.69, 9.17) is 4.74 Å². The fourth-order valence-corrected chi connectivity index (χ4v) is 2.99. The van der Waals surface area contributed by atoms with Gasteiger partial charge in [0.15, 0.2) is 5.78 Å². The molecular formula is C22H28O3.